The third kappa shape index (κ3) is 3.00. The maximum absolute atomic E-state index is 6.06. The van der Waals surface area contributed by atoms with E-state index in [2.05, 4.69) is 32.8 Å². The van der Waals surface area contributed by atoms with Crippen LogP contribution in [0.25, 0.3) is 0 Å². The van der Waals surface area contributed by atoms with Crippen molar-refractivity contribution in [2.24, 2.45) is 0 Å². The van der Waals surface area contributed by atoms with Crippen LogP contribution < -0.4 is 0 Å². The summed E-state index contributed by atoms with van der Waals surface area (Å²) in [4.78, 5) is 9.42. The van der Waals surface area contributed by atoms with Crippen molar-refractivity contribution in [3.8, 4) is 0 Å². The summed E-state index contributed by atoms with van der Waals surface area (Å²) in [7, 11) is 0. The zero-order chi connectivity index (χ0) is 12.3. The van der Waals surface area contributed by atoms with E-state index in [1.165, 1.54) is 6.33 Å². The normalized spacial score (nSPS) is 10.5. The Morgan fingerprint density at radius 1 is 1.29 bits per heavy atom. The lowest BCUT2D eigenvalue weighted by Gasteiger charge is -2.08. The Balaban J connectivity index is 2.37. The molecule has 0 bridgehead atoms. The Morgan fingerprint density at radius 2 is 2.06 bits per heavy atom. The van der Waals surface area contributed by atoms with Crippen LogP contribution in [0.15, 0.2) is 45.0 Å². The zero-order valence-electron chi connectivity index (χ0n) is 9.15. The van der Waals surface area contributed by atoms with Crippen LogP contribution in [-0.4, -0.2) is 9.97 Å². The first-order valence-corrected chi connectivity index (χ1v) is 7.13. The molecule has 0 amide bonds. The summed E-state index contributed by atoms with van der Waals surface area (Å²) in [5, 5.41) is 1.46. The summed E-state index contributed by atoms with van der Waals surface area (Å²) < 4.78 is 1.06. The summed E-state index contributed by atoms with van der Waals surface area (Å²) in [6, 6.07) is 8.05. The second-order valence-electron chi connectivity index (χ2n) is 3.33. The van der Waals surface area contributed by atoms with Gasteiger partial charge in [0.05, 0.1) is 0 Å². The molecular formula is C12H10BrClN2S. The highest BCUT2D eigenvalue weighted by Crippen LogP contribution is 2.35. The van der Waals surface area contributed by atoms with Gasteiger partial charge in [0.1, 0.15) is 16.5 Å². The molecule has 5 heteroatoms. The van der Waals surface area contributed by atoms with Gasteiger partial charge in [0.25, 0.3) is 0 Å². The highest BCUT2D eigenvalue weighted by Gasteiger charge is 2.10. The molecule has 0 fully saturated rings. The van der Waals surface area contributed by atoms with E-state index in [0.717, 1.165) is 26.4 Å². The third-order valence-corrected chi connectivity index (χ3v) is 4.65. The standard InChI is InChI=1S/C12H10BrClN2S/c1-2-8-11(14)15-7-16-12(8)17-10-6-4-3-5-9(10)13/h3-7H,2H2,1H3. The number of hydrogen-bond acceptors (Lipinski definition) is 3. The third-order valence-electron chi connectivity index (χ3n) is 2.25. The fourth-order valence-electron chi connectivity index (χ4n) is 1.39. The van der Waals surface area contributed by atoms with E-state index in [9.17, 15) is 0 Å². The molecule has 0 aliphatic heterocycles. The van der Waals surface area contributed by atoms with Gasteiger partial charge in [0.2, 0.25) is 0 Å². The summed E-state index contributed by atoms with van der Waals surface area (Å²) in [5.74, 6) is 0. The van der Waals surface area contributed by atoms with Crippen LogP contribution in [0.1, 0.15) is 12.5 Å². The topological polar surface area (TPSA) is 25.8 Å². The van der Waals surface area contributed by atoms with Crippen molar-refractivity contribution in [2.45, 2.75) is 23.3 Å². The van der Waals surface area contributed by atoms with Gasteiger partial charge in [-0.15, -0.1) is 0 Å². The van der Waals surface area contributed by atoms with Crippen LogP contribution in [0, 0.1) is 0 Å². The Hall–Kier alpha value is -0.580. The summed E-state index contributed by atoms with van der Waals surface area (Å²) in [6.45, 7) is 2.05. The maximum atomic E-state index is 6.06. The quantitative estimate of drug-likeness (QED) is 0.769. The molecule has 0 saturated carbocycles. The number of nitrogens with zero attached hydrogens (tertiary/aromatic N) is 2. The minimum atomic E-state index is 0.539. The highest BCUT2D eigenvalue weighted by atomic mass is 79.9. The average molecular weight is 330 g/mol. The van der Waals surface area contributed by atoms with Crippen molar-refractivity contribution < 1.29 is 0 Å². The van der Waals surface area contributed by atoms with Crippen molar-refractivity contribution in [1.29, 1.82) is 0 Å². The largest absolute Gasteiger partial charge is 0.229 e. The number of aromatic nitrogens is 2. The van der Waals surface area contributed by atoms with Gasteiger partial charge in [0.15, 0.2) is 0 Å². The Morgan fingerprint density at radius 3 is 2.76 bits per heavy atom. The van der Waals surface area contributed by atoms with Crippen LogP contribution in [0.5, 0.6) is 0 Å². The van der Waals surface area contributed by atoms with E-state index in [0.29, 0.717) is 5.15 Å². The first-order chi connectivity index (χ1) is 8.22. The molecule has 0 aliphatic carbocycles. The van der Waals surface area contributed by atoms with Crippen LogP contribution in [0.3, 0.4) is 0 Å². The van der Waals surface area contributed by atoms with Gasteiger partial charge in [-0.05, 0) is 34.5 Å². The molecular weight excluding hydrogens is 320 g/mol. The van der Waals surface area contributed by atoms with Gasteiger partial charge < -0.3 is 0 Å². The van der Waals surface area contributed by atoms with Gasteiger partial charge in [-0.3, -0.25) is 0 Å². The van der Waals surface area contributed by atoms with Crippen molar-refractivity contribution in [1.82, 2.24) is 9.97 Å². The SMILES string of the molecule is CCc1c(Cl)ncnc1Sc1ccccc1Br. The maximum Gasteiger partial charge on any atom is 0.136 e. The minimum Gasteiger partial charge on any atom is -0.229 e. The van der Waals surface area contributed by atoms with E-state index in [1.54, 1.807) is 11.8 Å². The Labute approximate surface area is 118 Å². The molecule has 1 heterocycles. The Kier molecular flexibility index (Phi) is 4.42. The molecule has 2 rings (SSSR count). The fraction of sp³-hybridized carbons (Fsp3) is 0.167. The van der Waals surface area contributed by atoms with Crippen LogP contribution in [-0.2, 0) is 6.42 Å². The van der Waals surface area contributed by atoms with Crippen LogP contribution in [0.2, 0.25) is 5.15 Å². The molecule has 1 aromatic heterocycles. The minimum absolute atomic E-state index is 0.539. The monoisotopic (exact) mass is 328 g/mol. The van der Waals surface area contributed by atoms with Crippen molar-refractivity contribution in [3.05, 3.63) is 45.8 Å². The van der Waals surface area contributed by atoms with Gasteiger partial charge in [0, 0.05) is 14.9 Å². The number of hydrogen-bond donors (Lipinski definition) is 0. The predicted octanol–water partition coefficient (Wildman–Crippen LogP) is 4.61. The number of rotatable bonds is 3. The molecule has 2 aromatic rings. The van der Waals surface area contributed by atoms with Gasteiger partial charge in [-0.1, -0.05) is 42.4 Å². The first kappa shape index (κ1) is 12.9. The van der Waals surface area contributed by atoms with Crippen molar-refractivity contribution in [3.63, 3.8) is 0 Å². The average Bonchev–Trinajstić information content (AvgIpc) is 2.32. The fourth-order valence-corrected chi connectivity index (χ4v) is 3.23. The lowest BCUT2D eigenvalue weighted by atomic mass is 10.3. The second-order valence-corrected chi connectivity index (χ2v) is 5.58. The van der Waals surface area contributed by atoms with Crippen molar-refractivity contribution >= 4 is 39.3 Å². The molecule has 0 aliphatic rings. The summed E-state index contributed by atoms with van der Waals surface area (Å²) in [5.41, 5.74) is 0.995. The van der Waals surface area contributed by atoms with Crippen LogP contribution >= 0.6 is 39.3 Å². The first-order valence-electron chi connectivity index (χ1n) is 5.14. The number of benzene rings is 1. The van der Waals surface area contributed by atoms with Crippen LogP contribution in [0.4, 0.5) is 0 Å². The van der Waals surface area contributed by atoms with E-state index < -0.39 is 0 Å². The van der Waals surface area contributed by atoms with E-state index in [-0.39, 0.29) is 0 Å². The Bertz CT molecular complexity index is 534. The zero-order valence-corrected chi connectivity index (χ0v) is 12.3. The number of halogens is 2. The van der Waals surface area contributed by atoms with Gasteiger partial charge in [-0.25, -0.2) is 9.97 Å². The molecule has 1 aromatic carbocycles. The lowest BCUT2D eigenvalue weighted by molar-refractivity contribution is 0.944. The summed E-state index contributed by atoms with van der Waals surface area (Å²) in [6.07, 6.45) is 2.33. The highest BCUT2D eigenvalue weighted by molar-refractivity contribution is 9.10. The van der Waals surface area contributed by atoms with E-state index in [1.807, 2.05) is 24.3 Å². The summed E-state index contributed by atoms with van der Waals surface area (Å²) >= 11 is 11.2. The molecule has 0 N–H and O–H groups in total. The van der Waals surface area contributed by atoms with Gasteiger partial charge in [-0.2, -0.15) is 0 Å². The second kappa shape index (κ2) is 5.85. The molecule has 0 unspecified atom stereocenters. The smallest absolute Gasteiger partial charge is 0.136 e. The molecule has 0 atom stereocenters. The molecule has 0 spiro atoms. The molecule has 0 saturated heterocycles. The van der Waals surface area contributed by atoms with E-state index >= 15 is 0 Å². The van der Waals surface area contributed by atoms with Crippen molar-refractivity contribution in [2.75, 3.05) is 0 Å². The van der Waals surface area contributed by atoms with E-state index in [4.69, 9.17) is 11.6 Å². The molecule has 17 heavy (non-hydrogen) atoms. The van der Waals surface area contributed by atoms with Gasteiger partial charge >= 0.3 is 0 Å². The predicted molar refractivity (Wildman–Crippen MR) is 74.7 cm³/mol. The lowest BCUT2D eigenvalue weighted by Crippen LogP contribution is -1.93. The molecule has 2 nitrogen and oxygen atoms in total. The molecule has 0 radical (unpaired) electrons. The molecule has 88 valence electrons.